The Balaban J connectivity index is 1.65. The van der Waals surface area contributed by atoms with E-state index in [1.165, 1.54) is 31.4 Å². The van der Waals surface area contributed by atoms with Crippen LogP contribution in [0.4, 0.5) is 4.39 Å². The van der Waals surface area contributed by atoms with Crippen molar-refractivity contribution >= 4 is 46.5 Å². The third-order valence-corrected chi connectivity index (χ3v) is 5.64. The lowest BCUT2D eigenvalue weighted by atomic mass is 10.1. The van der Waals surface area contributed by atoms with Gasteiger partial charge in [-0.2, -0.15) is 0 Å². The van der Waals surface area contributed by atoms with E-state index in [9.17, 15) is 14.0 Å². The molecule has 0 aromatic heterocycles. The Hall–Kier alpha value is -3.53. The molecule has 0 saturated carbocycles. The smallest absolute Gasteiger partial charge is 0.363 e. The second-order valence-electron chi connectivity index (χ2n) is 7.05. The van der Waals surface area contributed by atoms with Gasteiger partial charge in [-0.25, -0.2) is 19.0 Å². The molecule has 3 aromatic rings. The van der Waals surface area contributed by atoms with Gasteiger partial charge < -0.3 is 14.2 Å². The molecule has 3 aromatic carbocycles. The summed E-state index contributed by atoms with van der Waals surface area (Å²) in [4.78, 5) is 29.1. The molecule has 0 saturated heterocycles. The lowest BCUT2D eigenvalue weighted by Crippen LogP contribution is -2.11. The monoisotopic (exact) mass is 557 g/mol. The Bertz CT molecular complexity index is 1330. The Morgan fingerprint density at radius 2 is 1.85 bits per heavy atom. The molecule has 1 aliphatic heterocycles. The maximum atomic E-state index is 14.0. The number of hydrogen-bond acceptors (Lipinski definition) is 6. The van der Waals surface area contributed by atoms with Gasteiger partial charge in [0.2, 0.25) is 5.90 Å². The van der Waals surface area contributed by atoms with Crippen LogP contribution in [0, 0.1) is 16.3 Å². The molecule has 0 radical (unpaired) electrons. The fourth-order valence-electron chi connectivity index (χ4n) is 3.19. The van der Waals surface area contributed by atoms with Gasteiger partial charge in [-0.3, -0.25) is 0 Å². The van der Waals surface area contributed by atoms with Crippen LogP contribution in [0.2, 0.25) is 0 Å². The lowest BCUT2D eigenvalue weighted by Gasteiger charge is -2.13. The van der Waals surface area contributed by atoms with Gasteiger partial charge in [0.25, 0.3) is 0 Å². The fourth-order valence-corrected chi connectivity index (χ4v) is 3.92. The number of aryl methyl sites for hydroxylation is 1. The van der Waals surface area contributed by atoms with Gasteiger partial charge in [-0.05, 0) is 77.0 Å². The van der Waals surface area contributed by atoms with Crippen molar-refractivity contribution in [3.8, 4) is 11.5 Å². The molecule has 33 heavy (non-hydrogen) atoms. The minimum Gasteiger partial charge on any atom is -0.493 e. The van der Waals surface area contributed by atoms with Crippen LogP contribution >= 0.6 is 22.6 Å². The molecular weight excluding hydrogens is 540 g/mol. The van der Waals surface area contributed by atoms with Crippen molar-refractivity contribution < 1.29 is 28.2 Å². The zero-order chi connectivity index (χ0) is 23.5. The number of rotatable bonds is 5. The third kappa shape index (κ3) is 4.80. The summed E-state index contributed by atoms with van der Waals surface area (Å²) in [5, 5.41) is 0. The Morgan fingerprint density at radius 1 is 1.12 bits per heavy atom. The largest absolute Gasteiger partial charge is 0.493 e. The predicted molar refractivity (Wildman–Crippen MR) is 129 cm³/mol. The predicted octanol–water partition coefficient (Wildman–Crippen LogP) is 5.31. The average Bonchev–Trinajstić information content (AvgIpc) is 3.15. The second-order valence-corrected chi connectivity index (χ2v) is 8.22. The number of methoxy groups -OCH3 is 1. The van der Waals surface area contributed by atoms with Gasteiger partial charge >= 0.3 is 11.9 Å². The van der Waals surface area contributed by atoms with Gasteiger partial charge in [0.15, 0.2) is 17.2 Å². The molecular formula is C25H17FINO5. The minimum atomic E-state index is -0.697. The van der Waals surface area contributed by atoms with Crippen LogP contribution in [0.5, 0.6) is 11.5 Å². The molecule has 0 spiro atoms. The molecule has 1 aliphatic rings. The number of benzene rings is 3. The first-order chi connectivity index (χ1) is 15.9. The second kappa shape index (κ2) is 9.53. The maximum absolute atomic E-state index is 14.0. The van der Waals surface area contributed by atoms with E-state index in [-0.39, 0.29) is 22.9 Å². The molecule has 0 N–H and O–H groups in total. The van der Waals surface area contributed by atoms with E-state index in [1.807, 2.05) is 41.6 Å². The fraction of sp³-hybridized carbons (Fsp3) is 0.0800. The van der Waals surface area contributed by atoms with Crippen molar-refractivity contribution in [2.45, 2.75) is 6.92 Å². The van der Waals surface area contributed by atoms with Crippen LogP contribution < -0.4 is 9.47 Å². The van der Waals surface area contributed by atoms with Crippen molar-refractivity contribution in [1.29, 1.82) is 0 Å². The van der Waals surface area contributed by atoms with Crippen LogP contribution in [0.25, 0.3) is 6.08 Å². The van der Waals surface area contributed by atoms with Crippen LogP contribution in [0.3, 0.4) is 0 Å². The minimum absolute atomic E-state index is 0.00996. The van der Waals surface area contributed by atoms with E-state index >= 15 is 0 Å². The number of halogens is 2. The molecule has 8 heteroatoms. The van der Waals surface area contributed by atoms with Crippen molar-refractivity contribution in [3.05, 3.63) is 98.0 Å². The SMILES string of the molecule is COc1cc(/C=C2\N=C(c3ccccc3F)OC2=O)cc(I)c1OC(=O)c1ccccc1C. The molecule has 0 fully saturated rings. The van der Waals surface area contributed by atoms with Gasteiger partial charge in [0.05, 0.1) is 21.8 Å². The molecule has 0 unspecified atom stereocenters. The molecule has 0 atom stereocenters. The summed E-state index contributed by atoms with van der Waals surface area (Å²) in [5.41, 5.74) is 1.92. The number of carbonyl (C=O) groups is 2. The summed E-state index contributed by atoms with van der Waals surface area (Å²) in [5.74, 6) is -1.28. The first-order valence-corrected chi connectivity index (χ1v) is 10.9. The summed E-state index contributed by atoms with van der Waals surface area (Å²) in [6.45, 7) is 1.82. The van der Waals surface area contributed by atoms with E-state index in [1.54, 1.807) is 30.3 Å². The summed E-state index contributed by atoms with van der Waals surface area (Å²) in [6.07, 6.45) is 1.49. The summed E-state index contributed by atoms with van der Waals surface area (Å²) in [7, 11) is 1.45. The Morgan fingerprint density at radius 3 is 2.58 bits per heavy atom. The topological polar surface area (TPSA) is 74.2 Å². The average molecular weight is 557 g/mol. The molecule has 166 valence electrons. The molecule has 0 aliphatic carbocycles. The summed E-state index contributed by atoms with van der Waals surface area (Å²) < 4.78 is 30.8. The van der Waals surface area contributed by atoms with E-state index in [0.717, 1.165) is 5.56 Å². The Kier molecular flexibility index (Phi) is 6.55. The molecule has 4 rings (SSSR count). The van der Waals surface area contributed by atoms with E-state index in [4.69, 9.17) is 14.2 Å². The molecule has 1 heterocycles. The number of hydrogen-bond donors (Lipinski definition) is 0. The first-order valence-electron chi connectivity index (χ1n) is 9.80. The van der Waals surface area contributed by atoms with E-state index < -0.39 is 17.8 Å². The molecule has 0 bridgehead atoms. The Labute approximate surface area is 202 Å². The number of cyclic esters (lactones) is 1. The maximum Gasteiger partial charge on any atom is 0.363 e. The van der Waals surface area contributed by atoms with Crippen molar-refractivity contribution in [3.63, 3.8) is 0 Å². The van der Waals surface area contributed by atoms with Gasteiger partial charge in [-0.1, -0.05) is 30.3 Å². The molecule has 6 nitrogen and oxygen atoms in total. The number of nitrogens with zero attached hydrogens (tertiary/aromatic N) is 1. The number of ether oxygens (including phenoxy) is 3. The van der Waals surface area contributed by atoms with Crippen LogP contribution in [-0.4, -0.2) is 24.9 Å². The normalized spacial score (nSPS) is 14.1. The van der Waals surface area contributed by atoms with E-state index in [2.05, 4.69) is 4.99 Å². The summed E-state index contributed by atoms with van der Waals surface area (Å²) >= 11 is 2.02. The lowest BCUT2D eigenvalue weighted by molar-refractivity contribution is -0.129. The van der Waals surface area contributed by atoms with Gasteiger partial charge in [0, 0.05) is 0 Å². The highest BCUT2D eigenvalue weighted by Gasteiger charge is 2.26. The number of carbonyl (C=O) groups excluding carboxylic acids is 2. The van der Waals surface area contributed by atoms with Crippen molar-refractivity contribution in [1.82, 2.24) is 0 Å². The molecule has 0 amide bonds. The highest BCUT2D eigenvalue weighted by Crippen LogP contribution is 2.36. The van der Waals surface area contributed by atoms with Gasteiger partial charge in [0.1, 0.15) is 5.82 Å². The first kappa shape index (κ1) is 22.7. The van der Waals surface area contributed by atoms with Crippen molar-refractivity contribution in [2.75, 3.05) is 7.11 Å². The van der Waals surface area contributed by atoms with E-state index in [0.29, 0.717) is 20.4 Å². The van der Waals surface area contributed by atoms with Crippen molar-refractivity contribution in [2.24, 2.45) is 4.99 Å². The summed E-state index contributed by atoms with van der Waals surface area (Å²) in [6, 6.07) is 16.3. The zero-order valence-corrected chi connectivity index (χ0v) is 19.8. The van der Waals surface area contributed by atoms with Gasteiger partial charge in [-0.15, -0.1) is 0 Å². The van der Waals surface area contributed by atoms with Crippen LogP contribution in [0.1, 0.15) is 27.0 Å². The highest BCUT2D eigenvalue weighted by atomic mass is 127. The highest BCUT2D eigenvalue weighted by molar-refractivity contribution is 14.1. The standard InChI is InChI=1S/C25H17FINO5/c1-14-7-3-4-8-16(14)24(29)32-22-19(27)11-15(13-21(22)31-2)12-20-25(30)33-23(28-20)17-9-5-6-10-18(17)26/h3-13H,1-2H3/b20-12-. The number of aliphatic imine (C=N–C) groups is 1. The van der Waals surface area contributed by atoms with Crippen LogP contribution in [-0.2, 0) is 9.53 Å². The zero-order valence-electron chi connectivity index (χ0n) is 17.6. The number of esters is 2. The quantitative estimate of drug-likeness (QED) is 0.184. The van der Waals surface area contributed by atoms with Crippen LogP contribution in [0.15, 0.2) is 71.4 Å². The third-order valence-electron chi connectivity index (χ3n) is 4.84.